The topological polar surface area (TPSA) is 81.1 Å². The molecule has 2 heterocycles. The predicted octanol–water partition coefficient (Wildman–Crippen LogP) is 5.24. The van der Waals surface area contributed by atoms with E-state index in [1.54, 1.807) is 28.9 Å². The van der Waals surface area contributed by atoms with E-state index in [2.05, 4.69) is 26.8 Å². The number of fused-ring (bicyclic) bond motifs is 1. The minimum Gasteiger partial charge on any atom is -0.457 e. The van der Waals surface area contributed by atoms with Crippen molar-refractivity contribution in [2.75, 3.05) is 10.6 Å². The lowest BCUT2D eigenvalue weighted by Crippen LogP contribution is -2.19. The molecule has 1 aromatic heterocycles. The van der Waals surface area contributed by atoms with Gasteiger partial charge in [0.1, 0.15) is 17.5 Å². The van der Waals surface area contributed by atoms with Crippen molar-refractivity contribution in [3.63, 3.8) is 0 Å². The Bertz CT molecular complexity index is 1260. The van der Waals surface area contributed by atoms with Crippen molar-refractivity contribution in [1.82, 2.24) is 14.8 Å². The third-order valence-electron chi connectivity index (χ3n) is 5.07. The van der Waals surface area contributed by atoms with E-state index in [0.29, 0.717) is 17.3 Å². The molecular weight excluding hydrogens is 402 g/mol. The summed E-state index contributed by atoms with van der Waals surface area (Å²) in [5, 5.41) is 10.5. The molecule has 7 nitrogen and oxygen atoms in total. The highest BCUT2D eigenvalue weighted by atomic mass is 16.5. The van der Waals surface area contributed by atoms with Crippen molar-refractivity contribution >= 4 is 17.8 Å². The fraction of sp³-hybridized carbons (Fsp3) is 0.0800. The lowest BCUT2D eigenvalue weighted by atomic mass is 10.1. The molecule has 1 amide bonds. The normalized spacial score (nSPS) is 14.7. The first-order valence-electron chi connectivity index (χ1n) is 10.3. The van der Waals surface area contributed by atoms with E-state index in [1.165, 1.54) is 0 Å². The average molecular weight is 423 g/mol. The van der Waals surface area contributed by atoms with Crippen molar-refractivity contribution in [2.45, 2.75) is 13.0 Å². The molecular formula is C25H21N5O2. The van der Waals surface area contributed by atoms with Gasteiger partial charge in [-0.3, -0.25) is 10.1 Å². The van der Waals surface area contributed by atoms with Crippen LogP contribution in [0.1, 0.15) is 28.9 Å². The van der Waals surface area contributed by atoms with Crippen LogP contribution in [0.15, 0.2) is 96.7 Å². The number of rotatable bonds is 5. The summed E-state index contributed by atoms with van der Waals surface area (Å²) in [6.45, 7) is 1.98. The van der Waals surface area contributed by atoms with Crippen molar-refractivity contribution in [3.05, 3.63) is 108 Å². The van der Waals surface area contributed by atoms with Crippen LogP contribution in [0, 0.1) is 0 Å². The summed E-state index contributed by atoms with van der Waals surface area (Å²) >= 11 is 0. The van der Waals surface area contributed by atoms with Gasteiger partial charge in [0.25, 0.3) is 11.9 Å². The molecule has 158 valence electrons. The Morgan fingerprint density at radius 1 is 0.938 bits per heavy atom. The van der Waals surface area contributed by atoms with E-state index >= 15 is 0 Å². The van der Waals surface area contributed by atoms with Gasteiger partial charge in [-0.1, -0.05) is 48.5 Å². The molecule has 1 atom stereocenters. The molecule has 0 radical (unpaired) electrons. The molecule has 3 aromatic carbocycles. The number of ether oxygens (including phenoxy) is 1. The van der Waals surface area contributed by atoms with Crippen molar-refractivity contribution in [3.8, 4) is 11.5 Å². The van der Waals surface area contributed by atoms with Crippen LogP contribution in [-0.4, -0.2) is 20.7 Å². The highest BCUT2D eigenvalue weighted by Gasteiger charge is 2.24. The van der Waals surface area contributed by atoms with Gasteiger partial charge >= 0.3 is 0 Å². The molecule has 0 saturated carbocycles. The zero-order chi connectivity index (χ0) is 21.9. The molecule has 32 heavy (non-hydrogen) atoms. The van der Waals surface area contributed by atoms with Gasteiger partial charge in [0.05, 0.1) is 0 Å². The Kier molecular flexibility index (Phi) is 5.13. The smallest absolute Gasteiger partial charge is 0.258 e. The molecule has 5 rings (SSSR count). The quantitative estimate of drug-likeness (QED) is 0.459. The molecule has 7 heteroatoms. The summed E-state index contributed by atoms with van der Waals surface area (Å²) in [6.07, 6.45) is 2.08. The van der Waals surface area contributed by atoms with E-state index in [9.17, 15) is 4.79 Å². The highest BCUT2D eigenvalue weighted by molar-refractivity contribution is 6.03. The number of carbonyl (C=O) groups is 1. The first-order chi connectivity index (χ1) is 15.7. The van der Waals surface area contributed by atoms with Crippen LogP contribution in [0.2, 0.25) is 0 Å². The second kappa shape index (κ2) is 8.39. The molecule has 1 unspecified atom stereocenters. The summed E-state index contributed by atoms with van der Waals surface area (Å²) in [5.41, 5.74) is 2.55. The van der Waals surface area contributed by atoms with Crippen molar-refractivity contribution < 1.29 is 9.53 Å². The number of benzene rings is 3. The van der Waals surface area contributed by atoms with Crippen LogP contribution in [0.5, 0.6) is 11.5 Å². The zero-order valence-corrected chi connectivity index (χ0v) is 17.4. The Morgan fingerprint density at radius 3 is 2.31 bits per heavy atom. The van der Waals surface area contributed by atoms with E-state index in [-0.39, 0.29) is 17.9 Å². The van der Waals surface area contributed by atoms with E-state index in [1.807, 2.05) is 67.6 Å². The van der Waals surface area contributed by atoms with Crippen LogP contribution < -0.4 is 15.4 Å². The number of hydrogen-bond donors (Lipinski definition) is 2. The number of amides is 1. The van der Waals surface area contributed by atoms with Gasteiger partial charge in [0.2, 0.25) is 5.95 Å². The second-order valence-corrected chi connectivity index (χ2v) is 7.43. The summed E-state index contributed by atoms with van der Waals surface area (Å²) < 4.78 is 7.55. The largest absolute Gasteiger partial charge is 0.457 e. The number of nitrogens with one attached hydrogen (secondary N) is 2. The molecule has 4 aromatic rings. The summed E-state index contributed by atoms with van der Waals surface area (Å²) in [5.74, 6) is 1.92. The number of carbonyl (C=O) groups excluding carboxylic acids is 1. The summed E-state index contributed by atoms with van der Waals surface area (Å²) in [4.78, 5) is 17.2. The fourth-order valence-electron chi connectivity index (χ4n) is 3.54. The van der Waals surface area contributed by atoms with E-state index in [4.69, 9.17) is 4.74 Å². The third kappa shape index (κ3) is 4.09. The van der Waals surface area contributed by atoms with Crippen molar-refractivity contribution in [2.24, 2.45) is 0 Å². The van der Waals surface area contributed by atoms with E-state index in [0.717, 1.165) is 17.0 Å². The monoisotopic (exact) mass is 423 g/mol. The third-order valence-corrected chi connectivity index (χ3v) is 5.07. The molecule has 0 bridgehead atoms. The molecule has 0 fully saturated rings. The van der Waals surface area contributed by atoms with Gasteiger partial charge in [-0.05, 0) is 55.0 Å². The number of allylic oxidation sites excluding steroid dienone is 2. The fourth-order valence-corrected chi connectivity index (χ4v) is 3.54. The maximum absolute atomic E-state index is 12.7. The predicted molar refractivity (Wildman–Crippen MR) is 123 cm³/mol. The molecule has 2 N–H and O–H groups in total. The number of anilines is 2. The lowest BCUT2D eigenvalue weighted by molar-refractivity contribution is 0.102. The standard InChI is InChI=1S/C25H21N5O2/c1-17-16-22(18-8-4-2-5-9-18)30-25(26-17)28-24(29-30)27-23(31)19-12-14-21(15-13-19)32-20-10-6-3-7-11-20/h2-16,22H,1H3,(H2,26,27,28,29,31). The van der Waals surface area contributed by atoms with Gasteiger partial charge in [0.15, 0.2) is 0 Å². The van der Waals surface area contributed by atoms with Gasteiger partial charge in [-0.25, -0.2) is 4.68 Å². The molecule has 1 aliphatic heterocycles. The number of hydrogen-bond acceptors (Lipinski definition) is 5. The van der Waals surface area contributed by atoms with Gasteiger partial charge in [-0.2, -0.15) is 4.98 Å². The second-order valence-electron chi connectivity index (χ2n) is 7.43. The van der Waals surface area contributed by atoms with Crippen LogP contribution in [0.25, 0.3) is 0 Å². The lowest BCUT2D eigenvalue weighted by Gasteiger charge is -2.22. The number of para-hydroxylation sites is 1. The average Bonchev–Trinajstić information content (AvgIpc) is 3.22. The highest BCUT2D eigenvalue weighted by Crippen LogP contribution is 2.29. The Balaban J connectivity index is 1.31. The van der Waals surface area contributed by atoms with Gasteiger partial charge in [-0.15, -0.1) is 5.10 Å². The minimum absolute atomic E-state index is 0.0972. The SMILES string of the molecule is CC1=CC(c2ccccc2)n2nc(NC(=O)c3ccc(Oc4ccccc4)cc3)nc2N1. The van der Waals surface area contributed by atoms with Crippen LogP contribution in [0.3, 0.4) is 0 Å². The molecule has 0 saturated heterocycles. The first-order valence-corrected chi connectivity index (χ1v) is 10.3. The summed E-state index contributed by atoms with van der Waals surface area (Å²) in [7, 11) is 0. The Hall–Kier alpha value is -4.39. The van der Waals surface area contributed by atoms with Crippen molar-refractivity contribution in [1.29, 1.82) is 0 Å². The molecule has 0 aliphatic carbocycles. The van der Waals surface area contributed by atoms with Gasteiger partial charge < -0.3 is 10.1 Å². The Morgan fingerprint density at radius 2 is 1.59 bits per heavy atom. The van der Waals surface area contributed by atoms with Crippen LogP contribution in [0.4, 0.5) is 11.9 Å². The van der Waals surface area contributed by atoms with E-state index < -0.39 is 0 Å². The van der Waals surface area contributed by atoms with Gasteiger partial charge in [0, 0.05) is 11.3 Å². The zero-order valence-electron chi connectivity index (χ0n) is 17.4. The molecule has 1 aliphatic rings. The maximum atomic E-state index is 12.7. The number of nitrogens with zero attached hydrogens (tertiary/aromatic N) is 3. The first kappa shape index (κ1) is 19.6. The minimum atomic E-state index is -0.292. The van der Waals surface area contributed by atoms with Crippen LogP contribution >= 0.6 is 0 Å². The van der Waals surface area contributed by atoms with Crippen LogP contribution in [-0.2, 0) is 0 Å². The molecule has 0 spiro atoms. The maximum Gasteiger partial charge on any atom is 0.258 e. The number of aromatic nitrogens is 3. The Labute approximate surface area is 185 Å². The summed E-state index contributed by atoms with van der Waals surface area (Å²) in [6, 6.07) is 26.4.